The first-order chi connectivity index (χ1) is 10.0. The summed E-state index contributed by atoms with van der Waals surface area (Å²) >= 11 is 0. The van der Waals surface area contributed by atoms with E-state index in [0.717, 1.165) is 31.7 Å². The minimum Gasteiger partial charge on any atom is -0.325 e. The van der Waals surface area contributed by atoms with Crippen LogP contribution in [0.5, 0.6) is 0 Å². The number of nitrogens with zero attached hydrogens (tertiary/aromatic N) is 3. The summed E-state index contributed by atoms with van der Waals surface area (Å²) < 4.78 is 0. The molecule has 1 aromatic carbocycles. The molecule has 0 unspecified atom stereocenters. The van der Waals surface area contributed by atoms with Gasteiger partial charge >= 0.3 is 0 Å². The number of likely N-dealkylation sites (N-methyl/N-ethyl adjacent to an activating group) is 1. The third kappa shape index (κ3) is 6.89. The SMILES string of the molecule is CCCN(CCN(C)C)CC(=O)Nc1ccc(C#N)cc1. The van der Waals surface area contributed by atoms with Crippen LogP contribution < -0.4 is 5.32 Å². The van der Waals surface area contributed by atoms with Crippen LogP contribution in [-0.2, 0) is 4.79 Å². The number of anilines is 1. The molecular weight excluding hydrogens is 264 g/mol. The number of amides is 1. The Morgan fingerprint density at radius 2 is 1.86 bits per heavy atom. The molecule has 5 nitrogen and oxygen atoms in total. The molecule has 0 aliphatic rings. The van der Waals surface area contributed by atoms with Crippen LogP contribution >= 0.6 is 0 Å². The summed E-state index contributed by atoms with van der Waals surface area (Å²) in [4.78, 5) is 16.3. The molecule has 1 aromatic rings. The van der Waals surface area contributed by atoms with Crippen molar-refractivity contribution in [2.24, 2.45) is 0 Å². The van der Waals surface area contributed by atoms with Crippen molar-refractivity contribution in [1.82, 2.24) is 9.80 Å². The monoisotopic (exact) mass is 288 g/mol. The zero-order valence-corrected chi connectivity index (χ0v) is 13.1. The number of rotatable bonds is 8. The van der Waals surface area contributed by atoms with Crippen molar-refractivity contribution in [3.05, 3.63) is 29.8 Å². The summed E-state index contributed by atoms with van der Waals surface area (Å²) in [6, 6.07) is 8.96. The third-order valence-electron chi connectivity index (χ3n) is 3.07. The van der Waals surface area contributed by atoms with Gasteiger partial charge in [-0.25, -0.2) is 0 Å². The first-order valence-corrected chi connectivity index (χ1v) is 7.22. The van der Waals surface area contributed by atoms with Gasteiger partial charge in [-0.15, -0.1) is 0 Å². The fourth-order valence-electron chi connectivity index (χ4n) is 1.96. The van der Waals surface area contributed by atoms with Gasteiger partial charge in [-0.1, -0.05) is 6.92 Å². The highest BCUT2D eigenvalue weighted by Gasteiger charge is 2.10. The van der Waals surface area contributed by atoms with Crippen LogP contribution in [0.3, 0.4) is 0 Å². The van der Waals surface area contributed by atoms with Gasteiger partial charge in [-0.3, -0.25) is 9.69 Å². The van der Waals surface area contributed by atoms with Crippen LogP contribution in [0, 0.1) is 11.3 Å². The van der Waals surface area contributed by atoms with Gasteiger partial charge in [0.15, 0.2) is 0 Å². The van der Waals surface area contributed by atoms with E-state index in [1.807, 2.05) is 14.1 Å². The highest BCUT2D eigenvalue weighted by Crippen LogP contribution is 2.08. The van der Waals surface area contributed by atoms with E-state index in [-0.39, 0.29) is 5.91 Å². The molecule has 0 saturated heterocycles. The number of benzene rings is 1. The fraction of sp³-hybridized carbons (Fsp3) is 0.500. The lowest BCUT2D eigenvalue weighted by atomic mass is 10.2. The lowest BCUT2D eigenvalue weighted by Gasteiger charge is -2.23. The van der Waals surface area contributed by atoms with E-state index in [4.69, 9.17) is 5.26 Å². The van der Waals surface area contributed by atoms with Crippen LogP contribution in [0.15, 0.2) is 24.3 Å². The Bertz CT molecular complexity index is 476. The van der Waals surface area contributed by atoms with Crippen LogP contribution in [0.4, 0.5) is 5.69 Å². The number of nitriles is 1. The molecule has 1 N–H and O–H groups in total. The molecule has 5 heteroatoms. The van der Waals surface area contributed by atoms with Gasteiger partial charge in [0, 0.05) is 18.8 Å². The second kappa shape index (κ2) is 9.11. The number of carbonyl (C=O) groups excluding carboxylic acids is 1. The van der Waals surface area contributed by atoms with Gasteiger partial charge in [-0.05, 0) is 51.3 Å². The number of carbonyl (C=O) groups is 1. The van der Waals surface area contributed by atoms with Gasteiger partial charge < -0.3 is 10.2 Å². The average Bonchev–Trinajstić information content (AvgIpc) is 2.45. The Kier molecular flexibility index (Phi) is 7.44. The number of hydrogen-bond acceptors (Lipinski definition) is 4. The topological polar surface area (TPSA) is 59.4 Å². The maximum Gasteiger partial charge on any atom is 0.238 e. The van der Waals surface area contributed by atoms with Crippen molar-refractivity contribution in [3.8, 4) is 6.07 Å². The normalized spacial score (nSPS) is 10.7. The molecule has 0 radical (unpaired) electrons. The molecule has 0 heterocycles. The van der Waals surface area contributed by atoms with Crippen molar-refractivity contribution in [3.63, 3.8) is 0 Å². The predicted molar refractivity (Wildman–Crippen MR) is 85.1 cm³/mol. The van der Waals surface area contributed by atoms with Crippen LogP contribution in [0.2, 0.25) is 0 Å². The lowest BCUT2D eigenvalue weighted by molar-refractivity contribution is -0.117. The van der Waals surface area contributed by atoms with Crippen molar-refractivity contribution in [2.45, 2.75) is 13.3 Å². The maximum atomic E-state index is 12.1. The summed E-state index contributed by atoms with van der Waals surface area (Å²) in [5.41, 5.74) is 1.31. The van der Waals surface area contributed by atoms with Crippen LogP contribution in [0.25, 0.3) is 0 Å². The highest BCUT2D eigenvalue weighted by molar-refractivity contribution is 5.92. The first kappa shape index (κ1) is 17.2. The molecular formula is C16H24N4O. The maximum absolute atomic E-state index is 12.1. The van der Waals surface area contributed by atoms with Crippen molar-refractivity contribution in [2.75, 3.05) is 45.6 Å². The average molecular weight is 288 g/mol. The Balaban J connectivity index is 2.50. The van der Waals surface area contributed by atoms with Crippen LogP contribution in [0.1, 0.15) is 18.9 Å². The van der Waals surface area contributed by atoms with Crippen molar-refractivity contribution >= 4 is 11.6 Å². The van der Waals surface area contributed by atoms with Gasteiger partial charge in [0.1, 0.15) is 0 Å². The Hall–Kier alpha value is -1.90. The van der Waals surface area contributed by atoms with Crippen molar-refractivity contribution < 1.29 is 4.79 Å². The number of nitrogens with one attached hydrogen (secondary N) is 1. The molecule has 0 fully saturated rings. The second-order valence-corrected chi connectivity index (χ2v) is 5.32. The Morgan fingerprint density at radius 1 is 1.19 bits per heavy atom. The molecule has 114 valence electrons. The summed E-state index contributed by atoms with van der Waals surface area (Å²) in [5, 5.41) is 11.6. The smallest absolute Gasteiger partial charge is 0.238 e. The van der Waals surface area contributed by atoms with Crippen LogP contribution in [-0.4, -0.2) is 56.0 Å². The molecule has 1 rings (SSSR count). The minimum absolute atomic E-state index is 0.0214. The highest BCUT2D eigenvalue weighted by atomic mass is 16.2. The zero-order chi connectivity index (χ0) is 15.7. The van der Waals surface area contributed by atoms with Gasteiger partial charge in [0.25, 0.3) is 0 Å². The summed E-state index contributed by atoms with van der Waals surface area (Å²) in [6.45, 7) is 5.23. The fourth-order valence-corrected chi connectivity index (χ4v) is 1.96. The summed E-state index contributed by atoms with van der Waals surface area (Å²) in [7, 11) is 4.06. The summed E-state index contributed by atoms with van der Waals surface area (Å²) in [6.07, 6.45) is 1.03. The third-order valence-corrected chi connectivity index (χ3v) is 3.07. The molecule has 0 saturated carbocycles. The molecule has 0 atom stereocenters. The number of hydrogen-bond donors (Lipinski definition) is 1. The van der Waals surface area contributed by atoms with E-state index in [9.17, 15) is 4.79 Å². The lowest BCUT2D eigenvalue weighted by Crippen LogP contribution is -2.38. The summed E-state index contributed by atoms with van der Waals surface area (Å²) in [5.74, 6) is -0.0214. The van der Waals surface area contributed by atoms with E-state index in [1.54, 1.807) is 24.3 Å². The van der Waals surface area contributed by atoms with E-state index < -0.39 is 0 Å². The van der Waals surface area contributed by atoms with E-state index in [1.165, 1.54) is 0 Å². The van der Waals surface area contributed by atoms with Gasteiger partial charge in [-0.2, -0.15) is 5.26 Å². The standard InChI is InChI=1S/C16H24N4O/c1-4-9-20(11-10-19(2)3)13-16(21)18-15-7-5-14(12-17)6-8-15/h5-8H,4,9-11,13H2,1-3H3,(H,18,21). The molecule has 0 aliphatic heterocycles. The quantitative estimate of drug-likeness (QED) is 0.792. The molecule has 1 amide bonds. The van der Waals surface area contributed by atoms with Crippen molar-refractivity contribution in [1.29, 1.82) is 5.26 Å². The molecule has 0 bridgehead atoms. The second-order valence-electron chi connectivity index (χ2n) is 5.32. The van der Waals surface area contributed by atoms with E-state index in [0.29, 0.717) is 12.1 Å². The molecule has 21 heavy (non-hydrogen) atoms. The minimum atomic E-state index is -0.0214. The Labute approximate surface area is 127 Å². The Morgan fingerprint density at radius 3 is 2.38 bits per heavy atom. The van der Waals surface area contributed by atoms with Gasteiger partial charge in [0.05, 0.1) is 18.2 Å². The molecule has 0 aliphatic carbocycles. The van der Waals surface area contributed by atoms with E-state index in [2.05, 4.69) is 28.1 Å². The van der Waals surface area contributed by atoms with E-state index >= 15 is 0 Å². The predicted octanol–water partition coefficient (Wildman–Crippen LogP) is 1.77. The van der Waals surface area contributed by atoms with Gasteiger partial charge in [0.2, 0.25) is 5.91 Å². The molecule has 0 aromatic heterocycles. The zero-order valence-electron chi connectivity index (χ0n) is 13.1. The molecule has 0 spiro atoms. The first-order valence-electron chi connectivity index (χ1n) is 7.22. The largest absolute Gasteiger partial charge is 0.325 e.